The van der Waals surface area contributed by atoms with Crippen molar-refractivity contribution in [1.82, 2.24) is 4.90 Å². The van der Waals surface area contributed by atoms with E-state index in [-0.39, 0.29) is 11.6 Å². The van der Waals surface area contributed by atoms with Crippen molar-refractivity contribution in [2.45, 2.75) is 69.4 Å². The molecule has 0 bridgehead atoms. The highest BCUT2D eigenvalue weighted by molar-refractivity contribution is 5.90. The molecule has 0 atom stereocenters. The normalized spacial score (nSPS) is 26.1. The van der Waals surface area contributed by atoms with Gasteiger partial charge in [-0.1, -0.05) is 43.5 Å². The molecule has 0 amide bonds. The Bertz CT molecular complexity index is 981. The first-order chi connectivity index (χ1) is 17.6. The molecule has 0 radical (unpaired) electrons. The van der Waals surface area contributed by atoms with Crippen LogP contribution in [0, 0.1) is 5.92 Å². The van der Waals surface area contributed by atoms with E-state index in [2.05, 4.69) is 34.1 Å². The minimum absolute atomic E-state index is 0.153. The van der Waals surface area contributed by atoms with Crippen molar-refractivity contribution in [1.29, 1.82) is 0 Å². The lowest BCUT2D eigenvalue weighted by Gasteiger charge is -2.49. The van der Waals surface area contributed by atoms with Crippen LogP contribution in [0.15, 0.2) is 48.5 Å². The van der Waals surface area contributed by atoms with Gasteiger partial charge in [0.15, 0.2) is 0 Å². The lowest BCUT2D eigenvalue weighted by molar-refractivity contribution is -0.105. The number of hydrogen-bond acceptors (Lipinski definition) is 5. The first kappa shape index (κ1) is 25.3. The number of hydrogen-bond donors (Lipinski definition) is 0. The van der Waals surface area contributed by atoms with Crippen LogP contribution in [0.5, 0.6) is 0 Å². The van der Waals surface area contributed by atoms with Crippen molar-refractivity contribution in [3.63, 3.8) is 0 Å². The van der Waals surface area contributed by atoms with E-state index in [0.29, 0.717) is 11.6 Å². The average Bonchev–Trinajstić information content (AvgIpc) is 2.97. The molecule has 0 aromatic heterocycles. The molecular weight excluding hydrogens is 448 g/mol. The second-order valence-corrected chi connectivity index (χ2v) is 11.0. The van der Waals surface area contributed by atoms with Crippen molar-refractivity contribution in [2.75, 3.05) is 45.3 Å². The summed E-state index contributed by atoms with van der Waals surface area (Å²) in [5, 5.41) is 0. The number of anilines is 1. The molecule has 0 unspecified atom stereocenters. The quantitative estimate of drug-likeness (QED) is 0.453. The van der Waals surface area contributed by atoms with Gasteiger partial charge < -0.3 is 14.4 Å². The minimum atomic E-state index is -0.300. The molecule has 5 rings (SSSR count). The van der Waals surface area contributed by atoms with Gasteiger partial charge >= 0.3 is 5.97 Å². The summed E-state index contributed by atoms with van der Waals surface area (Å²) in [5.74, 6) is 0.481. The lowest BCUT2D eigenvalue weighted by atomic mass is 9.68. The molecule has 2 aromatic rings. The number of carbonyl (C=O) groups excluding carboxylic acids is 1. The Labute approximate surface area is 216 Å². The van der Waals surface area contributed by atoms with Crippen molar-refractivity contribution in [3.05, 3.63) is 54.1 Å². The van der Waals surface area contributed by atoms with Crippen molar-refractivity contribution < 1.29 is 14.3 Å². The minimum Gasteiger partial charge on any atom is -0.465 e. The van der Waals surface area contributed by atoms with Crippen molar-refractivity contribution >= 4 is 11.7 Å². The van der Waals surface area contributed by atoms with Crippen LogP contribution in [0.3, 0.4) is 0 Å². The Balaban J connectivity index is 1.13. The fourth-order valence-corrected chi connectivity index (χ4v) is 6.99. The zero-order chi connectivity index (χ0) is 25.0. The third kappa shape index (κ3) is 5.33. The Kier molecular flexibility index (Phi) is 7.97. The van der Waals surface area contributed by atoms with E-state index < -0.39 is 0 Å². The molecule has 2 aliphatic carbocycles. The highest BCUT2D eigenvalue weighted by atomic mass is 16.5. The molecule has 2 aromatic carbocycles. The maximum absolute atomic E-state index is 11.7. The molecule has 0 N–H and O–H groups in total. The maximum Gasteiger partial charge on any atom is 0.337 e. The van der Waals surface area contributed by atoms with Crippen LogP contribution < -0.4 is 4.90 Å². The first-order valence-electron chi connectivity index (χ1n) is 13.9. The summed E-state index contributed by atoms with van der Waals surface area (Å²) in [6.45, 7) is 4.46. The summed E-state index contributed by atoms with van der Waals surface area (Å²) in [5.41, 5.74) is 4.30. The summed E-state index contributed by atoms with van der Waals surface area (Å²) < 4.78 is 11.0. The summed E-state index contributed by atoms with van der Waals surface area (Å²) in [4.78, 5) is 16.9. The average molecular weight is 491 g/mol. The van der Waals surface area contributed by atoms with E-state index in [9.17, 15) is 4.79 Å². The number of ether oxygens (including phenoxy) is 2. The van der Waals surface area contributed by atoms with Gasteiger partial charge in [0.2, 0.25) is 0 Å². The molecule has 2 saturated carbocycles. The number of methoxy groups -OCH3 is 2. The predicted molar refractivity (Wildman–Crippen MR) is 146 cm³/mol. The molecule has 1 saturated heterocycles. The zero-order valence-corrected chi connectivity index (χ0v) is 22.1. The number of esters is 1. The van der Waals surface area contributed by atoms with Gasteiger partial charge in [-0.3, -0.25) is 4.90 Å². The SMILES string of the molecule is COC(=O)c1ccc(-c2ccc(N3CCN([C@H]4CC[C@](OC)(C5CCCCC5)CC4)CC3)cc2)cc1. The molecule has 5 heteroatoms. The molecule has 5 nitrogen and oxygen atoms in total. The molecule has 1 aliphatic heterocycles. The Morgan fingerprint density at radius 3 is 1.92 bits per heavy atom. The molecule has 0 spiro atoms. The third-order valence-electron chi connectivity index (χ3n) is 9.26. The predicted octanol–water partition coefficient (Wildman–Crippen LogP) is 6.17. The number of piperazine rings is 1. The van der Waals surface area contributed by atoms with E-state index in [1.54, 1.807) is 0 Å². The van der Waals surface area contributed by atoms with Crippen LogP contribution in [0.1, 0.15) is 68.1 Å². The molecule has 1 heterocycles. The fourth-order valence-electron chi connectivity index (χ4n) is 6.99. The van der Waals surface area contributed by atoms with Crippen molar-refractivity contribution in [2.24, 2.45) is 5.92 Å². The van der Waals surface area contributed by atoms with Crippen LogP contribution in [-0.4, -0.2) is 62.9 Å². The van der Waals surface area contributed by atoms with Gasteiger partial charge in [-0.25, -0.2) is 4.79 Å². The summed E-state index contributed by atoms with van der Waals surface area (Å²) in [6, 6.07) is 17.2. The van der Waals surface area contributed by atoms with Gasteiger partial charge in [-0.2, -0.15) is 0 Å². The van der Waals surface area contributed by atoms with Gasteiger partial charge in [0, 0.05) is 45.0 Å². The highest BCUT2D eigenvalue weighted by Gasteiger charge is 2.43. The summed E-state index contributed by atoms with van der Waals surface area (Å²) in [6.07, 6.45) is 12.0. The monoisotopic (exact) mass is 490 g/mol. The number of nitrogens with zero attached hydrogens (tertiary/aromatic N) is 2. The van der Waals surface area contributed by atoms with Crippen molar-refractivity contribution in [3.8, 4) is 11.1 Å². The van der Waals surface area contributed by atoms with Crippen LogP contribution in [0.2, 0.25) is 0 Å². The topological polar surface area (TPSA) is 42.0 Å². The maximum atomic E-state index is 11.7. The van der Waals surface area contributed by atoms with E-state index in [1.165, 1.54) is 70.6 Å². The van der Waals surface area contributed by atoms with E-state index in [4.69, 9.17) is 9.47 Å². The Morgan fingerprint density at radius 2 is 1.36 bits per heavy atom. The highest BCUT2D eigenvalue weighted by Crippen LogP contribution is 2.44. The van der Waals surface area contributed by atoms with Gasteiger partial charge in [0.05, 0.1) is 18.3 Å². The van der Waals surface area contributed by atoms with E-state index in [1.807, 2.05) is 31.4 Å². The second-order valence-electron chi connectivity index (χ2n) is 11.0. The molecule has 3 fully saturated rings. The third-order valence-corrected chi connectivity index (χ3v) is 9.26. The van der Waals surface area contributed by atoms with Gasteiger partial charge in [-0.05, 0) is 79.8 Å². The molecule has 194 valence electrons. The second kappa shape index (κ2) is 11.4. The lowest BCUT2D eigenvalue weighted by Crippen LogP contribution is -2.54. The number of rotatable bonds is 6. The fraction of sp³-hybridized carbons (Fsp3) is 0.581. The molecular formula is C31H42N2O3. The number of benzene rings is 2. The van der Waals surface area contributed by atoms with E-state index in [0.717, 1.165) is 43.2 Å². The Hall–Kier alpha value is -2.37. The van der Waals surface area contributed by atoms with Crippen LogP contribution in [-0.2, 0) is 9.47 Å². The van der Waals surface area contributed by atoms with Gasteiger partial charge in [0.1, 0.15) is 0 Å². The first-order valence-corrected chi connectivity index (χ1v) is 13.9. The standard InChI is InChI=1S/C31H42N2O3/c1-35-30(34)26-10-8-24(9-11-26)25-12-14-28(15-13-25)32-20-22-33(23-21-32)29-16-18-31(36-2,19-17-29)27-6-4-3-5-7-27/h8-15,27,29H,3-7,16-23H2,1-2H3/t29-,31+. The van der Waals surface area contributed by atoms with Gasteiger partial charge in [-0.15, -0.1) is 0 Å². The smallest absolute Gasteiger partial charge is 0.337 e. The Morgan fingerprint density at radius 1 is 0.778 bits per heavy atom. The van der Waals surface area contributed by atoms with E-state index >= 15 is 0 Å². The number of carbonyl (C=O) groups is 1. The molecule has 3 aliphatic rings. The van der Waals surface area contributed by atoms with Crippen LogP contribution >= 0.6 is 0 Å². The van der Waals surface area contributed by atoms with Crippen LogP contribution in [0.4, 0.5) is 5.69 Å². The van der Waals surface area contributed by atoms with Crippen LogP contribution in [0.25, 0.3) is 11.1 Å². The molecule has 36 heavy (non-hydrogen) atoms. The van der Waals surface area contributed by atoms with Gasteiger partial charge in [0.25, 0.3) is 0 Å². The zero-order valence-electron chi connectivity index (χ0n) is 22.1. The largest absolute Gasteiger partial charge is 0.465 e. The summed E-state index contributed by atoms with van der Waals surface area (Å²) in [7, 11) is 3.38. The summed E-state index contributed by atoms with van der Waals surface area (Å²) >= 11 is 0.